The van der Waals surface area contributed by atoms with Crippen LogP contribution in [0.2, 0.25) is 0 Å². The van der Waals surface area contributed by atoms with Gasteiger partial charge < -0.3 is 15.2 Å². The van der Waals surface area contributed by atoms with Gasteiger partial charge in [0, 0.05) is 6.42 Å². The zero-order chi connectivity index (χ0) is 18.9. The molecule has 1 aliphatic heterocycles. The number of hydrogen-bond acceptors (Lipinski definition) is 5. The van der Waals surface area contributed by atoms with Gasteiger partial charge in [-0.05, 0) is 20.3 Å². The Morgan fingerprint density at radius 3 is 2.32 bits per heavy atom. The van der Waals surface area contributed by atoms with E-state index in [1.807, 2.05) is 0 Å². The van der Waals surface area contributed by atoms with Gasteiger partial charge in [-0.25, -0.2) is 4.79 Å². The van der Waals surface area contributed by atoms with Gasteiger partial charge in [0.25, 0.3) is 5.91 Å². The summed E-state index contributed by atoms with van der Waals surface area (Å²) in [5, 5.41) is 12.4. The molecule has 0 aromatic carbocycles. The summed E-state index contributed by atoms with van der Waals surface area (Å²) < 4.78 is 5.02. The second-order valence-electron chi connectivity index (χ2n) is 7.18. The van der Waals surface area contributed by atoms with E-state index in [9.17, 15) is 19.5 Å². The third kappa shape index (κ3) is 7.42. The first-order chi connectivity index (χ1) is 11.8. The highest BCUT2D eigenvalue weighted by Crippen LogP contribution is 2.16. The van der Waals surface area contributed by atoms with Crippen LogP contribution in [-0.4, -0.2) is 52.7 Å². The van der Waals surface area contributed by atoms with Crippen molar-refractivity contribution in [2.75, 3.05) is 13.2 Å². The van der Waals surface area contributed by atoms with E-state index in [4.69, 9.17) is 4.74 Å². The predicted octanol–water partition coefficient (Wildman–Crippen LogP) is 2.36. The average molecular weight is 356 g/mol. The van der Waals surface area contributed by atoms with Gasteiger partial charge in [-0.1, -0.05) is 45.4 Å². The van der Waals surface area contributed by atoms with Crippen molar-refractivity contribution >= 4 is 17.9 Å². The number of unbranched alkanes of at least 4 members (excludes halogenated alkanes) is 6. The van der Waals surface area contributed by atoms with Crippen molar-refractivity contribution in [3.8, 4) is 0 Å². The number of carbonyl (C=O) groups is 3. The number of carbonyl (C=O) groups excluding carboxylic acids is 3. The topological polar surface area (TPSA) is 95.9 Å². The van der Waals surface area contributed by atoms with Crippen molar-refractivity contribution in [2.24, 2.45) is 0 Å². The summed E-state index contributed by atoms with van der Waals surface area (Å²) in [6.07, 6.45) is 7.07. The summed E-state index contributed by atoms with van der Waals surface area (Å²) in [5.74, 6) is -0.754. The van der Waals surface area contributed by atoms with Crippen molar-refractivity contribution < 1.29 is 24.2 Å². The molecule has 0 spiro atoms. The molecule has 0 aliphatic carbocycles. The van der Waals surface area contributed by atoms with E-state index >= 15 is 0 Å². The molecule has 1 fully saturated rings. The van der Waals surface area contributed by atoms with Gasteiger partial charge in [0.15, 0.2) is 0 Å². The van der Waals surface area contributed by atoms with Crippen LogP contribution >= 0.6 is 0 Å². The van der Waals surface area contributed by atoms with E-state index in [-0.39, 0.29) is 19.1 Å². The van der Waals surface area contributed by atoms with Crippen molar-refractivity contribution in [2.45, 2.75) is 83.8 Å². The average Bonchev–Trinajstić information content (AvgIpc) is 2.74. The van der Waals surface area contributed by atoms with E-state index in [0.717, 1.165) is 24.2 Å². The van der Waals surface area contributed by atoms with E-state index in [1.165, 1.54) is 25.7 Å². The number of hydrogen-bond donors (Lipinski definition) is 2. The van der Waals surface area contributed by atoms with Crippen LogP contribution in [0.5, 0.6) is 0 Å². The number of esters is 1. The maximum Gasteiger partial charge on any atom is 0.325 e. The van der Waals surface area contributed by atoms with Crippen LogP contribution in [0.1, 0.15) is 72.1 Å². The summed E-state index contributed by atoms with van der Waals surface area (Å²) in [6, 6.07) is -0.538. The van der Waals surface area contributed by atoms with Gasteiger partial charge >= 0.3 is 12.0 Å². The summed E-state index contributed by atoms with van der Waals surface area (Å²) in [5.41, 5.74) is -0.968. The van der Waals surface area contributed by atoms with Crippen LogP contribution in [0, 0.1) is 0 Å². The molecule has 1 saturated heterocycles. The summed E-state index contributed by atoms with van der Waals surface area (Å²) in [4.78, 5) is 36.3. The number of nitrogens with one attached hydrogen (secondary N) is 1. The summed E-state index contributed by atoms with van der Waals surface area (Å²) >= 11 is 0. The maximum atomic E-state index is 12.0. The number of amides is 3. The lowest BCUT2D eigenvalue weighted by molar-refractivity contribution is -0.147. The molecule has 0 saturated carbocycles. The smallest absolute Gasteiger partial charge is 0.325 e. The third-order valence-corrected chi connectivity index (χ3v) is 4.26. The second-order valence-corrected chi connectivity index (χ2v) is 7.18. The van der Waals surface area contributed by atoms with Crippen molar-refractivity contribution in [3.63, 3.8) is 0 Å². The highest BCUT2D eigenvalue weighted by Gasteiger charge is 2.44. The molecular weight excluding hydrogens is 324 g/mol. The predicted molar refractivity (Wildman–Crippen MR) is 93.9 cm³/mol. The standard InChI is InChI=1S/C18H32N2O5/c1-4-5-6-7-8-9-10-11-15(22)25-13-14(21)12-20-16(23)18(2,3)19-17(20)24/h14,21H,4-13H2,1-3H3,(H,19,24). The van der Waals surface area contributed by atoms with Gasteiger partial charge in [-0.2, -0.15) is 0 Å². The van der Waals surface area contributed by atoms with Crippen molar-refractivity contribution in [3.05, 3.63) is 0 Å². The monoisotopic (exact) mass is 356 g/mol. The van der Waals surface area contributed by atoms with Gasteiger partial charge in [0.2, 0.25) is 0 Å². The minimum Gasteiger partial charge on any atom is -0.463 e. The van der Waals surface area contributed by atoms with Crippen LogP contribution in [-0.2, 0) is 14.3 Å². The number of rotatable bonds is 12. The van der Waals surface area contributed by atoms with E-state index in [2.05, 4.69) is 12.2 Å². The Morgan fingerprint density at radius 2 is 1.76 bits per heavy atom. The molecule has 1 aliphatic rings. The lowest BCUT2D eigenvalue weighted by Crippen LogP contribution is -2.42. The molecule has 0 bridgehead atoms. The fraction of sp³-hybridized carbons (Fsp3) is 0.833. The first kappa shape index (κ1) is 21.4. The Hall–Kier alpha value is -1.63. The molecule has 2 N–H and O–H groups in total. The van der Waals surface area contributed by atoms with Crippen LogP contribution in [0.25, 0.3) is 0 Å². The van der Waals surface area contributed by atoms with Gasteiger partial charge in [-0.3, -0.25) is 14.5 Å². The SMILES string of the molecule is CCCCCCCCCC(=O)OCC(O)CN1C(=O)NC(C)(C)C1=O. The van der Waals surface area contributed by atoms with Crippen LogP contribution in [0.15, 0.2) is 0 Å². The molecule has 1 unspecified atom stereocenters. The molecule has 1 rings (SSSR count). The summed E-state index contributed by atoms with van der Waals surface area (Å²) in [7, 11) is 0. The quantitative estimate of drug-likeness (QED) is 0.318. The normalized spacial score (nSPS) is 17.5. The number of nitrogens with zero attached hydrogens (tertiary/aromatic N) is 1. The maximum absolute atomic E-state index is 12.0. The van der Waals surface area contributed by atoms with Crippen LogP contribution in [0.4, 0.5) is 4.79 Å². The van der Waals surface area contributed by atoms with Gasteiger partial charge in [0.1, 0.15) is 18.2 Å². The third-order valence-electron chi connectivity index (χ3n) is 4.26. The van der Waals surface area contributed by atoms with E-state index in [1.54, 1.807) is 13.8 Å². The molecular formula is C18H32N2O5. The molecule has 7 heteroatoms. The fourth-order valence-electron chi connectivity index (χ4n) is 2.73. The largest absolute Gasteiger partial charge is 0.463 e. The highest BCUT2D eigenvalue weighted by atomic mass is 16.5. The Balaban J connectivity index is 2.15. The minimum atomic E-state index is -1.08. The molecule has 0 radical (unpaired) electrons. The lowest BCUT2D eigenvalue weighted by atomic mass is 10.1. The minimum absolute atomic E-state index is 0.182. The molecule has 1 atom stereocenters. The molecule has 3 amide bonds. The number of β-amino-alcohol motifs (C(OH)–C–C–N with tert-alkyl or cyclic N) is 1. The van der Waals surface area contributed by atoms with Crippen molar-refractivity contribution in [1.29, 1.82) is 0 Å². The number of imide groups is 1. The highest BCUT2D eigenvalue weighted by molar-refractivity contribution is 6.06. The Labute approximate surface area is 150 Å². The second kappa shape index (κ2) is 10.4. The lowest BCUT2D eigenvalue weighted by Gasteiger charge is -2.19. The zero-order valence-corrected chi connectivity index (χ0v) is 15.7. The number of ether oxygens (including phenoxy) is 1. The number of aliphatic hydroxyl groups is 1. The van der Waals surface area contributed by atoms with E-state index in [0.29, 0.717) is 6.42 Å². The first-order valence-corrected chi connectivity index (χ1v) is 9.25. The molecule has 144 valence electrons. The first-order valence-electron chi connectivity index (χ1n) is 9.25. The fourth-order valence-corrected chi connectivity index (χ4v) is 2.73. The van der Waals surface area contributed by atoms with Gasteiger partial charge in [-0.15, -0.1) is 0 Å². The van der Waals surface area contributed by atoms with Gasteiger partial charge in [0.05, 0.1) is 6.54 Å². The number of aliphatic hydroxyl groups excluding tert-OH is 1. The molecule has 25 heavy (non-hydrogen) atoms. The Morgan fingerprint density at radius 1 is 1.16 bits per heavy atom. The van der Waals surface area contributed by atoms with E-state index < -0.39 is 23.6 Å². The molecule has 0 aromatic heterocycles. The van der Waals surface area contributed by atoms with Crippen molar-refractivity contribution in [1.82, 2.24) is 10.2 Å². The molecule has 1 heterocycles. The Kier molecular flexibility index (Phi) is 8.89. The number of urea groups is 1. The van der Waals surface area contributed by atoms with Crippen LogP contribution in [0.3, 0.4) is 0 Å². The molecule has 7 nitrogen and oxygen atoms in total. The zero-order valence-electron chi connectivity index (χ0n) is 15.7. The summed E-state index contributed by atoms with van der Waals surface area (Å²) in [6.45, 7) is 4.98. The molecule has 0 aromatic rings. The Bertz CT molecular complexity index is 464. The van der Waals surface area contributed by atoms with Crippen LogP contribution < -0.4 is 5.32 Å².